The predicted molar refractivity (Wildman–Crippen MR) is 82.6 cm³/mol. The molecule has 3 unspecified atom stereocenters. The second-order valence-electron chi connectivity index (χ2n) is 6.35. The van der Waals surface area contributed by atoms with Gasteiger partial charge in [0.2, 0.25) is 0 Å². The molecule has 2 aromatic rings. The van der Waals surface area contributed by atoms with Gasteiger partial charge in [0.15, 0.2) is 0 Å². The Hall–Kier alpha value is -0.800. The van der Waals surface area contributed by atoms with E-state index in [2.05, 4.69) is 58.0 Å². The summed E-state index contributed by atoms with van der Waals surface area (Å²) in [6.07, 6.45) is 2.50. The highest BCUT2D eigenvalue weighted by molar-refractivity contribution is 9.10. The Labute approximate surface area is 122 Å². The first-order valence-corrected chi connectivity index (χ1v) is 7.93. The van der Waals surface area contributed by atoms with Gasteiger partial charge in [0.05, 0.1) is 4.60 Å². The standard InChI is InChI=1S/C16H19BrN2/c1-9-6-11-10-4-3-5-13-15(10)12(16(17)18-13)7-14(11)19(2)8-9/h3-5,9,11,14,18H,6-8H2,1-2H3. The number of nitrogens with zero attached hydrogens (tertiary/aromatic N) is 1. The maximum absolute atomic E-state index is 3.71. The average molecular weight is 319 g/mol. The fraction of sp³-hybridized carbons (Fsp3) is 0.500. The quantitative estimate of drug-likeness (QED) is 0.780. The molecule has 19 heavy (non-hydrogen) atoms. The number of fused-ring (bicyclic) bond motifs is 2. The highest BCUT2D eigenvalue weighted by atomic mass is 79.9. The van der Waals surface area contributed by atoms with E-state index in [1.54, 1.807) is 5.56 Å². The lowest BCUT2D eigenvalue weighted by molar-refractivity contribution is 0.119. The van der Waals surface area contributed by atoms with E-state index in [1.165, 1.54) is 40.5 Å². The second-order valence-corrected chi connectivity index (χ2v) is 7.14. The molecular weight excluding hydrogens is 300 g/mol. The van der Waals surface area contributed by atoms with Gasteiger partial charge in [-0.3, -0.25) is 0 Å². The zero-order valence-electron chi connectivity index (χ0n) is 11.4. The lowest BCUT2D eigenvalue weighted by atomic mass is 9.73. The van der Waals surface area contributed by atoms with E-state index < -0.39 is 0 Å². The van der Waals surface area contributed by atoms with Crippen LogP contribution in [0.5, 0.6) is 0 Å². The lowest BCUT2D eigenvalue weighted by Gasteiger charge is -2.44. The Morgan fingerprint density at radius 3 is 3.05 bits per heavy atom. The van der Waals surface area contributed by atoms with E-state index in [0.717, 1.165) is 5.92 Å². The average Bonchev–Trinajstić information content (AvgIpc) is 2.69. The molecule has 0 bridgehead atoms. The van der Waals surface area contributed by atoms with Crippen molar-refractivity contribution in [1.29, 1.82) is 0 Å². The first-order chi connectivity index (χ1) is 9.15. The summed E-state index contributed by atoms with van der Waals surface area (Å²) in [4.78, 5) is 6.06. The molecule has 1 saturated heterocycles. The van der Waals surface area contributed by atoms with Gasteiger partial charge in [-0.15, -0.1) is 0 Å². The molecule has 4 rings (SSSR count). The maximum Gasteiger partial charge on any atom is 0.0864 e. The van der Waals surface area contributed by atoms with Crippen molar-refractivity contribution in [2.75, 3.05) is 13.6 Å². The van der Waals surface area contributed by atoms with E-state index in [4.69, 9.17) is 0 Å². The molecule has 1 aliphatic carbocycles. The topological polar surface area (TPSA) is 19.0 Å². The minimum absolute atomic E-state index is 0.668. The number of hydrogen-bond acceptors (Lipinski definition) is 1. The van der Waals surface area contributed by atoms with Crippen molar-refractivity contribution in [1.82, 2.24) is 9.88 Å². The first kappa shape index (κ1) is 12.0. The SMILES string of the molecule is CC1CC2c3cccc4[nH]c(Br)c(c34)CC2N(C)C1. The zero-order chi connectivity index (χ0) is 13.1. The van der Waals surface area contributed by atoms with Crippen molar-refractivity contribution in [3.8, 4) is 0 Å². The molecule has 3 heteroatoms. The van der Waals surface area contributed by atoms with Crippen LogP contribution in [-0.4, -0.2) is 29.5 Å². The minimum Gasteiger partial charge on any atom is -0.349 e. The van der Waals surface area contributed by atoms with Gasteiger partial charge in [0.1, 0.15) is 0 Å². The van der Waals surface area contributed by atoms with Crippen LogP contribution in [0.3, 0.4) is 0 Å². The van der Waals surface area contributed by atoms with Crippen LogP contribution in [0.2, 0.25) is 0 Å². The molecule has 1 aliphatic heterocycles. The molecule has 1 aromatic heterocycles. The lowest BCUT2D eigenvalue weighted by Crippen LogP contribution is -2.47. The number of H-pyrrole nitrogens is 1. The smallest absolute Gasteiger partial charge is 0.0864 e. The Morgan fingerprint density at radius 1 is 1.37 bits per heavy atom. The molecule has 0 amide bonds. The number of likely N-dealkylation sites (tertiary alicyclic amines) is 1. The molecule has 1 aromatic carbocycles. The summed E-state index contributed by atoms with van der Waals surface area (Å²) < 4.78 is 1.18. The van der Waals surface area contributed by atoms with Gasteiger partial charge < -0.3 is 9.88 Å². The van der Waals surface area contributed by atoms with Crippen molar-refractivity contribution in [2.45, 2.75) is 31.7 Å². The van der Waals surface area contributed by atoms with Crippen LogP contribution in [0.4, 0.5) is 0 Å². The zero-order valence-corrected chi connectivity index (χ0v) is 13.0. The molecular formula is C16H19BrN2. The van der Waals surface area contributed by atoms with Gasteiger partial charge in [-0.2, -0.15) is 0 Å². The van der Waals surface area contributed by atoms with Gasteiger partial charge >= 0.3 is 0 Å². The van der Waals surface area contributed by atoms with E-state index in [0.29, 0.717) is 12.0 Å². The van der Waals surface area contributed by atoms with Crippen molar-refractivity contribution in [2.24, 2.45) is 5.92 Å². The number of piperidine rings is 1. The second kappa shape index (κ2) is 4.10. The van der Waals surface area contributed by atoms with E-state index in [9.17, 15) is 0 Å². The number of benzene rings is 1. The van der Waals surface area contributed by atoms with Crippen LogP contribution in [0, 0.1) is 5.92 Å². The molecule has 1 N–H and O–H groups in total. The van der Waals surface area contributed by atoms with Gasteiger partial charge in [0, 0.05) is 29.4 Å². The summed E-state index contributed by atoms with van der Waals surface area (Å²) in [5, 5.41) is 1.48. The molecule has 0 saturated carbocycles. The third-order valence-corrected chi connectivity index (χ3v) is 5.68. The predicted octanol–water partition coefficient (Wildman–Crippen LogP) is 3.91. The Kier molecular flexibility index (Phi) is 2.58. The van der Waals surface area contributed by atoms with Gasteiger partial charge in [-0.05, 0) is 58.9 Å². The summed E-state index contributed by atoms with van der Waals surface area (Å²) in [6, 6.07) is 7.41. The largest absolute Gasteiger partial charge is 0.349 e. The van der Waals surface area contributed by atoms with Gasteiger partial charge in [-0.1, -0.05) is 19.1 Å². The molecule has 2 aliphatic rings. The normalized spacial score (nSPS) is 30.6. The third kappa shape index (κ3) is 1.64. The monoisotopic (exact) mass is 318 g/mol. The van der Waals surface area contributed by atoms with Crippen LogP contribution in [0.25, 0.3) is 10.9 Å². The van der Waals surface area contributed by atoms with E-state index in [1.807, 2.05) is 0 Å². The fourth-order valence-corrected chi connectivity index (χ4v) is 4.83. The summed E-state index contributed by atoms with van der Waals surface area (Å²) in [5.74, 6) is 1.50. The number of aromatic nitrogens is 1. The molecule has 3 atom stereocenters. The Bertz CT molecular complexity index is 645. The third-order valence-electron chi connectivity index (χ3n) is 5.01. The van der Waals surface area contributed by atoms with E-state index in [-0.39, 0.29) is 0 Å². The Morgan fingerprint density at radius 2 is 2.21 bits per heavy atom. The highest BCUT2D eigenvalue weighted by Crippen LogP contribution is 2.46. The van der Waals surface area contributed by atoms with Crippen molar-refractivity contribution >= 4 is 26.8 Å². The van der Waals surface area contributed by atoms with Crippen molar-refractivity contribution < 1.29 is 0 Å². The molecule has 1 fully saturated rings. The number of hydrogen-bond donors (Lipinski definition) is 1. The van der Waals surface area contributed by atoms with Crippen molar-refractivity contribution in [3.63, 3.8) is 0 Å². The molecule has 2 nitrogen and oxygen atoms in total. The Balaban J connectivity index is 1.95. The number of likely N-dealkylation sites (N-methyl/N-ethyl adjacent to an activating group) is 1. The first-order valence-electron chi connectivity index (χ1n) is 7.14. The summed E-state index contributed by atoms with van der Waals surface area (Å²) >= 11 is 3.71. The van der Waals surface area contributed by atoms with Crippen LogP contribution in [0.15, 0.2) is 22.8 Å². The van der Waals surface area contributed by atoms with Crippen LogP contribution in [-0.2, 0) is 6.42 Å². The molecule has 100 valence electrons. The fourth-order valence-electron chi connectivity index (χ4n) is 4.26. The molecule has 2 heterocycles. The van der Waals surface area contributed by atoms with Crippen LogP contribution in [0.1, 0.15) is 30.4 Å². The van der Waals surface area contributed by atoms with Gasteiger partial charge in [0.25, 0.3) is 0 Å². The van der Waals surface area contributed by atoms with E-state index >= 15 is 0 Å². The molecule has 0 spiro atoms. The number of halogens is 1. The van der Waals surface area contributed by atoms with Gasteiger partial charge in [-0.25, -0.2) is 0 Å². The molecule has 0 radical (unpaired) electrons. The number of nitrogens with one attached hydrogen (secondary N) is 1. The number of aromatic amines is 1. The van der Waals surface area contributed by atoms with Crippen LogP contribution >= 0.6 is 15.9 Å². The minimum atomic E-state index is 0.668. The van der Waals surface area contributed by atoms with Crippen LogP contribution < -0.4 is 0 Å². The highest BCUT2D eigenvalue weighted by Gasteiger charge is 2.38. The summed E-state index contributed by atoms with van der Waals surface area (Å²) in [7, 11) is 2.29. The summed E-state index contributed by atoms with van der Waals surface area (Å²) in [6.45, 7) is 3.62. The maximum atomic E-state index is 3.71. The van der Waals surface area contributed by atoms with Crippen molar-refractivity contribution in [3.05, 3.63) is 33.9 Å². The number of rotatable bonds is 0. The summed E-state index contributed by atoms with van der Waals surface area (Å²) in [5.41, 5.74) is 4.33.